The maximum Gasteiger partial charge on any atom is 0.417 e. The molecule has 8 heteroatoms. The van der Waals surface area contributed by atoms with Crippen LogP contribution in [0.2, 0.25) is 0 Å². The van der Waals surface area contributed by atoms with Crippen LogP contribution < -0.4 is 5.73 Å². The van der Waals surface area contributed by atoms with Crippen LogP contribution in [0.25, 0.3) is 33.4 Å². The number of hydrogen-bond donors (Lipinski definition) is 2. The molecule has 0 radical (unpaired) electrons. The monoisotopic (exact) mass is 355 g/mol. The van der Waals surface area contributed by atoms with Crippen molar-refractivity contribution in [2.75, 3.05) is 5.73 Å². The quantitative estimate of drug-likeness (QED) is 0.562. The minimum Gasteiger partial charge on any atom is -0.368 e. The fraction of sp³-hybridized carbons (Fsp3) is 0.0556. The van der Waals surface area contributed by atoms with Gasteiger partial charge in [0.25, 0.3) is 0 Å². The van der Waals surface area contributed by atoms with Gasteiger partial charge in [0.05, 0.1) is 11.3 Å². The van der Waals surface area contributed by atoms with Gasteiger partial charge in [-0.05, 0) is 29.3 Å². The van der Waals surface area contributed by atoms with Crippen LogP contribution in [0.5, 0.6) is 0 Å². The fourth-order valence-electron chi connectivity index (χ4n) is 2.97. The molecule has 0 aliphatic carbocycles. The number of nitrogens with zero attached hydrogens (tertiary/aromatic N) is 3. The van der Waals surface area contributed by atoms with E-state index in [0.29, 0.717) is 27.9 Å². The van der Waals surface area contributed by atoms with E-state index in [1.807, 2.05) is 0 Å². The van der Waals surface area contributed by atoms with Gasteiger partial charge in [0.2, 0.25) is 5.95 Å². The Bertz CT molecular complexity index is 1100. The highest BCUT2D eigenvalue weighted by Gasteiger charge is 2.34. The van der Waals surface area contributed by atoms with Crippen LogP contribution >= 0.6 is 0 Å². The first-order chi connectivity index (χ1) is 12.4. The number of fused-ring (bicyclic) bond motifs is 1. The molecular weight excluding hydrogens is 343 g/mol. The van der Waals surface area contributed by atoms with Crippen molar-refractivity contribution in [1.82, 2.24) is 19.9 Å². The minimum absolute atomic E-state index is 0.0790. The summed E-state index contributed by atoms with van der Waals surface area (Å²) in [4.78, 5) is 15.2. The molecule has 0 atom stereocenters. The molecule has 4 rings (SSSR count). The van der Waals surface area contributed by atoms with Crippen LogP contribution in [0.1, 0.15) is 5.56 Å². The lowest BCUT2D eigenvalue weighted by Gasteiger charge is -2.14. The third-order valence-corrected chi connectivity index (χ3v) is 4.05. The van der Waals surface area contributed by atoms with Crippen molar-refractivity contribution in [3.63, 3.8) is 0 Å². The molecule has 3 N–H and O–H groups in total. The summed E-state index contributed by atoms with van der Waals surface area (Å²) in [6, 6.07) is 8.67. The van der Waals surface area contributed by atoms with E-state index in [9.17, 15) is 13.2 Å². The third kappa shape index (κ3) is 2.65. The fourth-order valence-corrected chi connectivity index (χ4v) is 2.97. The Morgan fingerprint density at radius 2 is 1.65 bits per heavy atom. The molecule has 0 aliphatic rings. The Hall–Kier alpha value is -3.42. The van der Waals surface area contributed by atoms with Crippen molar-refractivity contribution in [1.29, 1.82) is 0 Å². The standard InChI is InChI=1S/C18H12F3N5/c19-18(20,21)13-4-2-1-3-10(13)11-5-7-23-16-15(11)12(9-25-16)14-6-8-24-17(22)26-14/h1-9H,(H,23,25)(H2,22,24,26). The summed E-state index contributed by atoms with van der Waals surface area (Å²) in [6.07, 6.45) is 0.150. The Labute approximate surface area is 145 Å². The summed E-state index contributed by atoms with van der Waals surface area (Å²) >= 11 is 0. The topological polar surface area (TPSA) is 80.5 Å². The molecule has 5 nitrogen and oxygen atoms in total. The molecule has 130 valence electrons. The normalized spacial score (nSPS) is 11.8. The lowest BCUT2D eigenvalue weighted by Crippen LogP contribution is -2.07. The maximum absolute atomic E-state index is 13.5. The van der Waals surface area contributed by atoms with Crippen molar-refractivity contribution in [3.05, 3.63) is 60.6 Å². The lowest BCUT2D eigenvalue weighted by molar-refractivity contribution is -0.137. The first kappa shape index (κ1) is 16.1. The van der Waals surface area contributed by atoms with Gasteiger partial charge in [0, 0.05) is 29.5 Å². The second-order valence-electron chi connectivity index (χ2n) is 5.63. The molecule has 0 saturated carbocycles. The highest BCUT2D eigenvalue weighted by molar-refractivity contribution is 6.03. The molecule has 0 aliphatic heterocycles. The number of aromatic amines is 1. The zero-order valence-corrected chi connectivity index (χ0v) is 13.2. The highest BCUT2D eigenvalue weighted by atomic mass is 19.4. The number of nitrogen functional groups attached to an aromatic ring is 1. The number of pyridine rings is 1. The Balaban J connectivity index is 2.03. The van der Waals surface area contributed by atoms with Gasteiger partial charge in [-0.2, -0.15) is 13.2 Å². The summed E-state index contributed by atoms with van der Waals surface area (Å²) in [5, 5.41) is 0.544. The molecule has 0 unspecified atom stereocenters. The SMILES string of the molecule is Nc1nccc(-c2c[nH]c3nccc(-c4ccccc4C(F)(F)F)c23)n1. The molecule has 0 amide bonds. The Kier molecular flexibility index (Phi) is 3.61. The molecule has 0 spiro atoms. The van der Waals surface area contributed by atoms with Gasteiger partial charge in [0.1, 0.15) is 5.65 Å². The number of anilines is 1. The second kappa shape index (κ2) is 5.83. The van der Waals surface area contributed by atoms with Crippen molar-refractivity contribution in [3.8, 4) is 22.4 Å². The van der Waals surface area contributed by atoms with Crippen LogP contribution in [0.3, 0.4) is 0 Å². The summed E-state index contributed by atoms with van der Waals surface area (Å²) in [5.74, 6) is 0.0815. The molecule has 0 fully saturated rings. The van der Waals surface area contributed by atoms with E-state index >= 15 is 0 Å². The zero-order chi connectivity index (χ0) is 18.3. The van der Waals surface area contributed by atoms with Gasteiger partial charge in [-0.1, -0.05) is 18.2 Å². The van der Waals surface area contributed by atoms with Crippen molar-refractivity contribution in [2.45, 2.75) is 6.18 Å². The number of H-pyrrole nitrogens is 1. The first-order valence-electron chi connectivity index (χ1n) is 7.67. The van der Waals surface area contributed by atoms with E-state index in [1.165, 1.54) is 24.5 Å². The van der Waals surface area contributed by atoms with Crippen LogP contribution in [0.4, 0.5) is 19.1 Å². The number of alkyl halides is 3. The number of halogens is 3. The number of rotatable bonds is 2. The maximum atomic E-state index is 13.5. The largest absolute Gasteiger partial charge is 0.417 e. The second-order valence-corrected chi connectivity index (χ2v) is 5.63. The van der Waals surface area contributed by atoms with E-state index < -0.39 is 11.7 Å². The van der Waals surface area contributed by atoms with Crippen molar-refractivity contribution in [2.24, 2.45) is 0 Å². The van der Waals surface area contributed by atoms with Crippen LogP contribution in [0, 0.1) is 0 Å². The number of aromatic nitrogens is 4. The zero-order valence-electron chi connectivity index (χ0n) is 13.2. The summed E-state index contributed by atoms with van der Waals surface area (Å²) in [7, 11) is 0. The van der Waals surface area contributed by atoms with Gasteiger partial charge in [-0.3, -0.25) is 0 Å². The molecule has 4 aromatic rings. The van der Waals surface area contributed by atoms with Gasteiger partial charge in [-0.25, -0.2) is 15.0 Å². The molecular formula is C18H12F3N5. The van der Waals surface area contributed by atoms with Crippen LogP contribution in [0.15, 0.2) is 55.0 Å². The van der Waals surface area contributed by atoms with Gasteiger partial charge in [-0.15, -0.1) is 0 Å². The summed E-state index contributed by atoms with van der Waals surface area (Å²) in [5.41, 5.74) is 7.00. The third-order valence-electron chi connectivity index (χ3n) is 4.05. The average molecular weight is 355 g/mol. The van der Waals surface area contributed by atoms with Gasteiger partial charge in [0.15, 0.2) is 0 Å². The van der Waals surface area contributed by atoms with Gasteiger partial charge >= 0.3 is 6.18 Å². The highest BCUT2D eigenvalue weighted by Crippen LogP contribution is 2.41. The number of hydrogen-bond acceptors (Lipinski definition) is 4. The predicted molar refractivity (Wildman–Crippen MR) is 92.0 cm³/mol. The molecule has 3 heterocycles. The molecule has 1 aromatic carbocycles. The molecule has 0 bridgehead atoms. The number of benzene rings is 1. The molecule has 3 aromatic heterocycles. The van der Waals surface area contributed by atoms with E-state index in [-0.39, 0.29) is 11.5 Å². The van der Waals surface area contributed by atoms with Crippen molar-refractivity contribution < 1.29 is 13.2 Å². The first-order valence-corrected chi connectivity index (χ1v) is 7.67. The predicted octanol–water partition coefficient (Wildman–Crippen LogP) is 4.29. The van der Waals surface area contributed by atoms with Crippen LogP contribution in [-0.4, -0.2) is 19.9 Å². The van der Waals surface area contributed by atoms with Crippen LogP contribution in [-0.2, 0) is 6.18 Å². The lowest BCUT2D eigenvalue weighted by atomic mass is 9.95. The Morgan fingerprint density at radius 1 is 0.885 bits per heavy atom. The van der Waals surface area contributed by atoms with E-state index in [2.05, 4.69) is 19.9 Å². The van der Waals surface area contributed by atoms with Crippen molar-refractivity contribution >= 4 is 17.0 Å². The number of nitrogens with one attached hydrogen (secondary N) is 1. The van der Waals surface area contributed by atoms with E-state index in [0.717, 1.165) is 6.07 Å². The number of nitrogens with two attached hydrogens (primary N) is 1. The molecule has 0 saturated heterocycles. The summed E-state index contributed by atoms with van der Waals surface area (Å²) in [6.45, 7) is 0. The summed E-state index contributed by atoms with van der Waals surface area (Å²) < 4.78 is 40.4. The Morgan fingerprint density at radius 3 is 2.42 bits per heavy atom. The molecule has 26 heavy (non-hydrogen) atoms. The van der Waals surface area contributed by atoms with E-state index in [4.69, 9.17) is 5.73 Å². The minimum atomic E-state index is -4.47. The van der Waals surface area contributed by atoms with Gasteiger partial charge < -0.3 is 10.7 Å². The average Bonchev–Trinajstić information content (AvgIpc) is 3.05. The van der Waals surface area contributed by atoms with E-state index in [1.54, 1.807) is 24.4 Å². The smallest absolute Gasteiger partial charge is 0.368 e.